The van der Waals surface area contributed by atoms with Crippen LogP contribution in [0.3, 0.4) is 0 Å². The Bertz CT molecular complexity index is 495. The van der Waals surface area contributed by atoms with Crippen LogP contribution in [0, 0.1) is 0 Å². The number of halogens is 4. The van der Waals surface area contributed by atoms with Gasteiger partial charge in [-0.25, -0.2) is 0 Å². The van der Waals surface area contributed by atoms with Crippen LogP contribution in [-0.4, -0.2) is 18.1 Å². The molecule has 0 aliphatic carbocycles. The van der Waals surface area contributed by atoms with Gasteiger partial charge in [-0.2, -0.15) is 13.2 Å². The molecule has 112 valence electrons. The molecule has 0 saturated heterocycles. The first-order valence-electron chi connectivity index (χ1n) is 5.79. The maximum absolute atomic E-state index is 12.6. The first kappa shape index (κ1) is 17.0. The second-order valence-electron chi connectivity index (χ2n) is 5.14. The monoisotopic (exact) mass is 353 g/mol. The SMILES string of the molecule is CC(C)(C)OCC(=O)Nc1cc(C(F)(F)F)ccc1Br. The van der Waals surface area contributed by atoms with Crippen LogP contribution in [0.5, 0.6) is 0 Å². The summed E-state index contributed by atoms with van der Waals surface area (Å²) in [7, 11) is 0. The molecule has 0 aliphatic heterocycles. The minimum Gasteiger partial charge on any atom is -0.366 e. The van der Waals surface area contributed by atoms with Gasteiger partial charge in [0.25, 0.3) is 0 Å². The van der Waals surface area contributed by atoms with Crippen molar-refractivity contribution in [2.24, 2.45) is 0 Å². The molecule has 20 heavy (non-hydrogen) atoms. The maximum atomic E-state index is 12.6. The van der Waals surface area contributed by atoms with Crippen molar-refractivity contribution in [3.63, 3.8) is 0 Å². The maximum Gasteiger partial charge on any atom is 0.416 e. The Labute approximate surface area is 123 Å². The van der Waals surface area contributed by atoms with Crippen molar-refractivity contribution in [1.29, 1.82) is 0 Å². The molecule has 3 nitrogen and oxygen atoms in total. The lowest BCUT2D eigenvalue weighted by Crippen LogP contribution is -2.27. The molecule has 0 fully saturated rings. The third-order valence-corrected chi connectivity index (χ3v) is 2.90. The van der Waals surface area contributed by atoms with E-state index < -0.39 is 23.2 Å². The summed E-state index contributed by atoms with van der Waals surface area (Å²) in [6.45, 7) is 5.10. The van der Waals surface area contributed by atoms with Crippen LogP contribution in [0.25, 0.3) is 0 Å². The largest absolute Gasteiger partial charge is 0.416 e. The van der Waals surface area contributed by atoms with Gasteiger partial charge in [-0.1, -0.05) is 0 Å². The average molecular weight is 354 g/mol. The molecular weight excluding hydrogens is 339 g/mol. The molecule has 1 N–H and O–H groups in total. The fraction of sp³-hybridized carbons (Fsp3) is 0.462. The number of ether oxygens (including phenoxy) is 1. The van der Waals surface area contributed by atoms with E-state index in [2.05, 4.69) is 21.2 Å². The zero-order valence-electron chi connectivity index (χ0n) is 11.3. The number of hydrogen-bond acceptors (Lipinski definition) is 2. The highest BCUT2D eigenvalue weighted by Crippen LogP contribution is 2.33. The standard InChI is InChI=1S/C13H15BrF3NO2/c1-12(2,3)20-7-11(19)18-10-6-8(13(15,16)17)4-5-9(10)14/h4-6H,7H2,1-3H3,(H,18,19). The van der Waals surface area contributed by atoms with E-state index in [0.29, 0.717) is 4.47 Å². The number of amides is 1. The lowest BCUT2D eigenvalue weighted by molar-refractivity contribution is -0.137. The molecule has 0 aromatic heterocycles. The van der Waals surface area contributed by atoms with E-state index in [4.69, 9.17) is 4.74 Å². The number of alkyl halides is 3. The van der Waals surface area contributed by atoms with Crippen molar-refractivity contribution in [2.75, 3.05) is 11.9 Å². The first-order valence-corrected chi connectivity index (χ1v) is 6.59. The van der Waals surface area contributed by atoms with Crippen LogP contribution in [0.1, 0.15) is 26.3 Å². The molecule has 1 aromatic rings. The number of hydrogen-bond donors (Lipinski definition) is 1. The number of nitrogens with one attached hydrogen (secondary N) is 1. The van der Waals surface area contributed by atoms with Crippen molar-refractivity contribution in [3.05, 3.63) is 28.2 Å². The van der Waals surface area contributed by atoms with E-state index in [0.717, 1.165) is 12.1 Å². The van der Waals surface area contributed by atoms with Crippen molar-refractivity contribution >= 4 is 27.5 Å². The summed E-state index contributed by atoms with van der Waals surface area (Å²) in [6.07, 6.45) is -4.46. The molecule has 0 unspecified atom stereocenters. The number of anilines is 1. The predicted molar refractivity (Wildman–Crippen MR) is 73.5 cm³/mol. The summed E-state index contributed by atoms with van der Waals surface area (Å²) in [5, 5.41) is 2.38. The summed E-state index contributed by atoms with van der Waals surface area (Å²) < 4.78 is 43.4. The predicted octanol–water partition coefficient (Wildman–Crippen LogP) is 4.22. The summed E-state index contributed by atoms with van der Waals surface area (Å²) >= 11 is 3.09. The van der Waals surface area contributed by atoms with E-state index in [1.807, 2.05) is 0 Å². The van der Waals surface area contributed by atoms with E-state index in [-0.39, 0.29) is 12.3 Å². The Balaban J connectivity index is 2.79. The molecule has 1 rings (SSSR count). The Morgan fingerprint density at radius 1 is 1.30 bits per heavy atom. The quantitative estimate of drug-likeness (QED) is 0.883. The van der Waals surface area contributed by atoms with Crippen molar-refractivity contribution in [3.8, 4) is 0 Å². The highest BCUT2D eigenvalue weighted by atomic mass is 79.9. The molecule has 0 heterocycles. The van der Waals surface area contributed by atoms with E-state index >= 15 is 0 Å². The molecule has 0 atom stereocenters. The van der Waals surface area contributed by atoms with Crippen LogP contribution in [-0.2, 0) is 15.7 Å². The number of benzene rings is 1. The number of carbonyl (C=O) groups is 1. The molecule has 0 aliphatic rings. The Morgan fingerprint density at radius 2 is 1.90 bits per heavy atom. The molecule has 0 bridgehead atoms. The van der Waals surface area contributed by atoms with Crippen LogP contribution in [0.15, 0.2) is 22.7 Å². The zero-order valence-corrected chi connectivity index (χ0v) is 12.9. The van der Waals surface area contributed by atoms with Crippen molar-refractivity contribution < 1.29 is 22.7 Å². The molecule has 7 heteroatoms. The van der Waals surface area contributed by atoms with E-state index in [1.54, 1.807) is 20.8 Å². The zero-order chi connectivity index (χ0) is 15.6. The van der Waals surface area contributed by atoms with Gasteiger partial charge in [-0.3, -0.25) is 4.79 Å². The van der Waals surface area contributed by atoms with Crippen LogP contribution in [0.2, 0.25) is 0 Å². The van der Waals surface area contributed by atoms with Gasteiger partial charge in [-0.15, -0.1) is 0 Å². The minimum atomic E-state index is -4.46. The highest BCUT2D eigenvalue weighted by Gasteiger charge is 2.31. The molecule has 0 spiro atoms. The fourth-order valence-electron chi connectivity index (χ4n) is 1.27. The Kier molecular flexibility index (Phi) is 5.21. The Hall–Kier alpha value is -1.08. The molecule has 1 aromatic carbocycles. The molecule has 0 radical (unpaired) electrons. The average Bonchev–Trinajstić information content (AvgIpc) is 2.27. The third kappa shape index (κ3) is 5.50. The summed E-state index contributed by atoms with van der Waals surface area (Å²) in [4.78, 5) is 11.6. The van der Waals surface area contributed by atoms with Gasteiger partial charge in [0.2, 0.25) is 5.91 Å². The normalized spacial score (nSPS) is 12.3. The molecule has 1 amide bonds. The van der Waals surface area contributed by atoms with Crippen molar-refractivity contribution in [1.82, 2.24) is 0 Å². The van der Waals surface area contributed by atoms with Gasteiger partial charge < -0.3 is 10.1 Å². The Morgan fingerprint density at radius 3 is 2.40 bits per heavy atom. The summed E-state index contributed by atoms with van der Waals surface area (Å²) in [6, 6.07) is 3.05. The van der Waals surface area contributed by atoms with Gasteiger partial charge in [0.1, 0.15) is 6.61 Å². The fourth-order valence-corrected chi connectivity index (χ4v) is 1.61. The third-order valence-electron chi connectivity index (χ3n) is 2.20. The lowest BCUT2D eigenvalue weighted by Gasteiger charge is -2.19. The second-order valence-corrected chi connectivity index (χ2v) is 6.00. The lowest BCUT2D eigenvalue weighted by atomic mass is 10.2. The molecular formula is C13H15BrF3NO2. The number of carbonyl (C=O) groups excluding carboxylic acids is 1. The van der Waals surface area contributed by atoms with Crippen LogP contribution < -0.4 is 5.32 Å². The number of rotatable bonds is 3. The van der Waals surface area contributed by atoms with Gasteiger partial charge in [0.05, 0.1) is 16.9 Å². The molecule has 0 saturated carbocycles. The van der Waals surface area contributed by atoms with Gasteiger partial charge in [0.15, 0.2) is 0 Å². The highest BCUT2D eigenvalue weighted by molar-refractivity contribution is 9.10. The van der Waals surface area contributed by atoms with E-state index in [9.17, 15) is 18.0 Å². The van der Waals surface area contributed by atoms with Crippen LogP contribution >= 0.6 is 15.9 Å². The van der Waals surface area contributed by atoms with Gasteiger partial charge in [-0.05, 0) is 54.9 Å². The summed E-state index contributed by atoms with van der Waals surface area (Å²) in [5.41, 5.74) is -1.27. The topological polar surface area (TPSA) is 38.3 Å². The van der Waals surface area contributed by atoms with Crippen LogP contribution in [0.4, 0.5) is 18.9 Å². The smallest absolute Gasteiger partial charge is 0.366 e. The minimum absolute atomic E-state index is 0.0577. The van der Waals surface area contributed by atoms with Crippen molar-refractivity contribution in [2.45, 2.75) is 32.5 Å². The van der Waals surface area contributed by atoms with Gasteiger partial charge >= 0.3 is 6.18 Å². The van der Waals surface area contributed by atoms with E-state index in [1.165, 1.54) is 6.07 Å². The van der Waals surface area contributed by atoms with Gasteiger partial charge in [0, 0.05) is 4.47 Å². The summed E-state index contributed by atoms with van der Waals surface area (Å²) in [5.74, 6) is -0.514. The second kappa shape index (κ2) is 6.13. The first-order chi connectivity index (χ1) is 8.99.